The SMILES string of the molecule is CON(C)C(=O)c1ccc2c(c1)C(=O)N(CCc1ccccc1)C2=O. The lowest BCUT2D eigenvalue weighted by Gasteiger charge is -2.14. The topological polar surface area (TPSA) is 66.9 Å². The van der Waals surface area contributed by atoms with E-state index in [1.165, 1.54) is 37.3 Å². The number of rotatable bonds is 5. The monoisotopic (exact) mass is 338 g/mol. The van der Waals surface area contributed by atoms with E-state index in [0.717, 1.165) is 10.6 Å². The van der Waals surface area contributed by atoms with Crippen LogP contribution in [-0.2, 0) is 11.3 Å². The zero-order valence-corrected chi connectivity index (χ0v) is 14.1. The van der Waals surface area contributed by atoms with E-state index >= 15 is 0 Å². The van der Waals surface area contributed by atoms with Crippen LogP contribution in [0.25, 0.3) is 0 Å². The van der Waals surface area contributed by atoms with Gasteiger partial charge in [0, 0.05) is 19.2 Å². The summed E-state index contributed by atoms with van der Waals surface area (Å²) in [4.78, 5) is 43.3. The number of carbonyl (C=O) groups excluding carboxylic acids is 3. The summed E-state index contributed by atoms with van der Waals surface area (Å²) in [5, 5.41) is 1.07. The first kappa shape index (κ1) is 16.9. The van der Waals surface area contributed by atoms with Crippen LogP contribution in [0.15, 0.2) is 48.5 Å². The summed E-state index contributed by atoms with van der Waals surface area (Å²) in [5.74, 6) is -1.08. The number of hydroxylamine groups is 2. The molecule has 0 aliphatic carbocycles. The van der Waals surface area contributed by atoms with Crippen molar-refractivity contribution in [2.75, 3.05) is 20.7 Å². The summed E-state index contributed by atoms with van der Waals surface area (Å²) in [7, 11) is 2.86. The zero-order chi connectivity index (χ0) is 18.0. The van der Waals surface area contributed by atoms with Crippen molar-refractivity contribution in [3.8, 4) is 0 Å². The van der Waals surface area contributed by atoms with E-state index in [1.54, 1.807) is 0 Å². The van der Waals surface area contributed by atoms with E-state index < -0.39 is 0 Å². The Bertz CT molecular complexity index is 833. The summed E-state index contributed by atoms with van der Waals surface area (Å²) in [6.07, 6.45) is 0.588. The molecule has 0 bridgehead atoms. The van der Waals surface area contributed by atoms with Crippen LogP contribution in [0.3, 0.4) is 0 Å². The van der Waals surface area contributed by atoms with Gasteiger partial charge in [0.15, 0.2) is 0 Å². The van der Waals surface area contributed by atoms with Crippen molar-refractivity contribution in [2.24, 2.45) is 0 Å². The molecular formula is C19H18N2O4. The number of imide groups is 1. The van der Waals surface area contributed by atoms with Gasteiger partial charge in [-0.1, -0.05) is 30.3 Å². The molecule has 0 saturated carbocycles. The van der Waals surface area contributed by atoms with Crippen molar-refractivity contribution < 1.29 is 19.2 Å². The van der Waals surface area contributed by atoms with Crippen molar-refractivity contribution in [2.45, 2.75) is 6.42 Å². The lowest BCUT2D eigenvalue weighted by molar-refractivity contribution is -0.0757. The molecule has 3 amide bonds. The normalized spacial score (nSPS) is 13.1. The first-order valence-electron chi connectivity index (χ1n) is 7.89. The van der Waals surface area contributed by atoms with Gasteiger partial charge in [-0.3, -0.25) is 24.1 Å². The van der Waals surface area contributed by atoms with E-state index in [2.05, 4.69) is 0 Å². The van der Waals surface area contributed by atoms with Crippen molar-refractivity contribution in [1.82, 2.24) is 9.96 Å². The lowest BCUT2D eigenvalue weighted by Crippen LogP contribution is -2.31. The molecule has 25 heavy (non-hydrogen) atoms. The minimum absolute atomic E-state index is 0.258. The molecule has 0 aromatic heterocycles. The quantitative estimate of drug-likeness (QED) is 0.619. The Labute approximate surface area is 145 Å². The minimum Gasteiger partial charge on any atom is -0.274 e. The molecular weight excluding hydrogens is 320 g/mol. The zero-order valence-electron chi connectivity index (χ0n) is 14.1. The van der Waals surface area contributed by atoms with Gasteiger partial charge in [-0.25, -0.2) is 5.06 Å². The highest BCUT2D eigenvalue weighted by Crippen LogP contribution is 2.24. The highest BCUT2D eigenvalue weighted by molar-refractivity contribution is 6.22. The molecule has 1 aliphatic rings. The molecule has 0 radical (unpaired) electrons. The Balaban J connectivity index is 1.80. The molecule has 128 valence electrons. The number of carbonyl (C=O) groups is 3. The summed E-state index contributed by atoms with van der Waals surface area (Å²) >= 11 is 0. The maximum atomic E-state index is 12.6. The van der Waals surface area contributed by atoms with Crippen LogP contribution in [0.2, 0.25) is 0 Å². The molecule has 1 aliphatic heterocycles. The summed E-state index contributed by atoms with van der Waals surface area (Å²) < 4.78 is 0. The van der Waals surface area contributed by atoms with Gasteiger partial charge in [0.05, 0.1) is 18.2 Å². The Kier molecular flexibility index (Phi) is 4.63. The van der Waals surface area contributed by atoms with Crippen LogP contribution in [0.1, 0.15) is 36.6 Å². The Hall–Kier alpha value is -2.99. The van der Waals surface area contributed by atoms with Gasteiger partial charge in [-0.15, -0.1) is 0 Å². The third kappa shape index (κ3) is 3.16. The molecule has 0 spiro atoms. The summed E-state index contributed by atoms with van der Waals surface area (Å²) in [6, 6.07) is 14.2. The second kappa shape index (κ2) is 6.86. The van der Waals surface area contributed by atoms with Gasteiger partial charge in [0.1, 0.15) is 0 Å². The largest absolute Gasteiger partial charge is 0.277 e. The lowest BCUT2D eigenvalue weighted by atomic mass is 10.1. The van der Waals surface area contributed by atoms with Gasteiger partial charge >= 0.3 is 0 Å². The molecule has 0 saturated heterocycles. The number of fused-ring (bicyclic) bond motifs is 1. The fraction of sp³-hybridized carbons (Fsp3) is 0.211. The average molecular weight is 338 g/mol. The molecule has 2 aromatic carbocycles. The van der Waals surface area contributed by atoms with Crippen molar-refractivity contribution >= 4 is 17.7 Å². The van der Waals surface area contributed by atoms with Crippen LogP contribution < -0.4 is 0 Å². The number of benzene rings is 2. The van der Waals surface area contributed by atoms with Crippen molar-refractivity contribution in [3.05, 3.63) is 70.8 Å². The summed E-state index contributed by atoms with van der Waals surface area (Å²) in [5.41, 5.74) is 1.94. The van der Waals surface area contributed by atoms with E-state index in [4.69, 9.17) is 4.84 Å². The van der Waals surface area contributed by atoms with E-state index in [9.17, 15) is 14.4 Å². The van der Waals surface area contributed by atoms with Crippen LogP contribution >= 0.6 is 0 Å². The summed E-state index contributed by atoms with van der Waals surface area (Å²) in [6.45, 7) is 0.303. The number of hydrogen-bond donors (Lipinski definition) is 0. The van der Waals surface area contributed by atoms with E-state index in [1.807, 2.05) is 30.3 Å². The number of amides is 3. The highest BCUT2D eigenvalue weighted by atomic mass is 16.7. The first-order valence-corrected chi connectivity index (χ1v) is 7.89. The molecule has 2 aromatic rings. The minimum atomic E-state index is -0.381. The fourth-order valence-corrected chi connectivity index (χ4v) is 2.78. The number of hydrogen-bond acceptors (Lipinski definition) is 4. The molecule has 6 heteroatoms. The average Bonchev–Trinajstić information content (AvgIpc) is 2.89. The van der Waals surface area contributed by atoms with Crippen LogP contribution in [0, 0.1) is 0 Å². The molecule has 0 atom stereocenters. The first-order chi connectivity index (χ1) is 12.0. The molecule has 0 N–H and O–H groups in total. The second-order valence-corrected chi connectivity index (χ2v) is 5.74. The van der Waals surface area contributed by atoms with Gasteiger partial charge < -0.3 is 0 Å². The second-order valence-electron chi connectivity index (χ2n) is 5.74. The van der Waals surface area contributed by atoms with Crippen LogP contribution in [0.4, 0.5) is 0 Å². The number of nitrogens with zero attached hydrogens (tertiary/aromatic N) is 2. The Morgan fingerprint density at radius 2 is 1.72 bits per heavy atom. The standard InChI is InChI=1S/C19H18N2O4/c1-20(25-2)17(22)14-8-9-15-16(12-14)19(24)21(18(15)23)11-10-13-6-4-3-5-7-13/h3-9,12H,10-11H2,1-2H3. The molecule has 3 rings (SSSR count). The van der Waals surface area contributed by atoms with Crippen molar-refractivity contribution in [3.63, 3.8) is 0 Å². The van der Waals surface area contributed by atoms with Gasteiger partial charge in [-0.05, 0) is 30.2 Å². The van der Waals surface area contributed by atoms with Crippen molar-refractivity contribution in [1.29, 1.82) is 0 Å². The van der Waals surface area contributed by atoms with Gasteiger partial charge in [0.2, 0.25) is 0 Å². The fourth-order valence-electron chi connectivity index (χ4n) is 2.78. The maximum absolute atomic E-state index is 12.6. The molecule has 0 fully saturated rings. The molecule has 0 unspecified atom stereocenters. The van der Waals surface area contributed by atoms with E-state index in [0.29, 0.717) is 24.1 Å². The van der Waals surface area contributed by atoms with Crippen LogP contribution in [-0.4, -0.2) is 48.4 Å². The van der Waals surface area contributed by atoms with Crippen LogP contribution in [0.5, 0.6) is 0 Å². The predicted molar refractivity (Wildman–Crippen MR) is 91.1 cm³/mol. The maximum Gasteiger partial charge on any atom is 0.277 e. The third-order valence-corrected chi connectivity index (χ3v) is 4.24. The molecule has 1 heterocycles. The Morgan fingerprint density at radius 1 is 1.04 bits per heavy atom. The van der Waals surface area contributed by atoms with E-state index in [-0.39, 0.29) is 23.3 Å². The Morgan fingerprint density at radius 3 is 2.40 bits per heavy atom. The third-order valence-electron chi connectivity index (χ3n) is 4.24. The molecule has 6 nitrogen and oxygen atoms in total. The smallest absolute Gasteiger partial charge is 0.274 e. The highest BCUT2D eigenvalue weighted by Gasteiger charge is 2.35. The predicted octanol–water partition coefficient (Wildman–Crippen LogP) is 2.16. The van der Waals surface area contributed by atoms with Gasteiger partial charge in [-0.2, -0.15) is 0 Å². The van der Waals surface area contributed by atoms with Gasteiger partial charge in [0.25, 0.3) is 17.7 Å².